The van der Waals surface area contributed by atoms with Crippen LogP contribution in [0, 0.1) is 11.8 Å². The van der Waals surface area contributed by atoms with Gasteiger partial charge in [-0.25, -0.2) is 5.48 Å². The van der Waals surface area contributed by atoms with Gasteiger partial charge in [-0.3, -0.25) is 19.6 Å². The Morgan fingerprint density at radius 1 is 1.14 bits per heavy atom. The van der Waals surface area contributed by atoms with E-state index in [0.29, 0.717) is 5.56 Å². The van der Waals surface area contributed by atoms with Crippen molar-refractivity contribution in [3.05, 3.63) is 48.6 Å². The number of benzene rings is 1. The number of hydrogen-bond acceptors (Lipinski definition) is 4. The van der Waals surface area contributed by atoms with Crippen molar-refractivity contribution < 1.29 is 19.6 Å². The summed E-state index contributed by atoms with van der Waals surface area (Å²) in [5.74, 6) is 3.76. The summed E-state index contributed by atoms with van der Waals surface area (Å²) in [6.45, 7) is 12.0. The largest absolute Gasteiger partial charge is 0.357 e. The van der Waals surface area contributed by atoms with Gasteiger partial charge in [-0.2, -0.15) is 0 Å². The molecule has 7 nitrogen and oxygen atoms in total. The molecule has 0 aliphatic rings. The number of carbonyl (C=O) groups excluding carboxylic acids is 3. The van der Waals surface area contributed by atoms with Crippen LogP contribution in [0.15, 0.2) is 37.4 Å². The predicted molar refractivity (Wildman–Crippen MR) is 111 cm³/mol. The average Bonchev–Trinajstić information content (AvgIpc) is 2.76. The van der Waals surface area contributed by atoms with Crippen molar-refractivity contribution in [1.82, 2.24) is 15.7 Å². The molecule has 3 amide bonds. The zero-order chi connectivity index (χ0) is 22.1. The topological polar surface area (TPSA) is 98.7 Å². The van der Waals surface area contributed by atoms with Crippen LogP contribution < -0.4 is 10.8 Å². The first-order valence-corrected chi connectivity index (χ1v) is 8.97. The van der Waals surface area contributed by atoms with Crippen molar-refractivity contribution in [2.75, 3.05) is 14.1 Å². The Morgan fingerprint density at radius 3 is 2.11 bits per heavy atom. The van der Waals surface area contributed by atoms with Gasteiger partial charge in [-0.1, -0.05) is 32.6 Å². The molecule has 1 rings (SSSR count). The van der Waals surface area contributed by atoms with Crippen molar-refractivity contribution >= 4 is 17.7 Å². The Labute approximate surface area is 167 Å². The molecule has 0 aliphatic heterocycles. The molecule has 3 N–H and O–H groups in total. The predicted octanol–water partition coefficient (Wildman–Crippen LogP) is 2.36. The van der Waals surface area contributed by atoms with Gasteiger partial charge in [0, 0.05) is 31.6 Å². The second-order valence-corrected chi connectivity index (χ2v) is 5.04. The molecule has 1 unspecified atom stereocenters. The fourth-order valence-corrected chi connectivity index (χ4v) is 1.98. The van der Waals surface area contributed by atoms with E-state index in [1.807, 2.05) is 20.8 Å². The number of nitrogens with zero attached hydrogens (tertiary/aromatic N) is 1. The van der Waals surface area contributed by atoms with Gasteiger partial charge in [0.2, 0.25) is 0 Å². The van der Waals surface area contributed by atoms with Crippen molar-refractivity contribution in [3.63, 3.8) is 0 Å². The molecular weight excluding hydrogens is 358 g/mol. The number of amides is 3. The first kappa shape index (κ1) is 27.1. The molecule has 1 aromatic rings. The Balaban J connectivity index is 0. The minimum Gasteiger partial charge on any atom is -0.357 e. The van der Waals surface area contributed by atoms with E-state index in [9.17, 15) is 14.4 Å². The highest BCUT2D eigenvalue weighted by Gasteiger charge is 2.33. The maximum atomic E-state index is 12.4. The lowest BCUT2D eigenvalue weighted by atomic mass is 10.1. The molecule has 0 aromatic heterocycles. The van der Waals surface area contributed by atoms with Crippen LogP contribution >= 0.6 is 0 Å². The number of hydrogen-bond donors (Lipinski definition) is 3. The van der Waals surface area contributed by atoms with Crippen LogP contribution in [-0.2, 0) is 9.59 Å². The molecule has 28 heavy (non-hydrogen) atoms. The minimum absolute atomic E-state index is 0.304. The number of unbranched alkanes of at least 4 members (excludes halogenated alkanes) is 1. The summed E-state index contributed by atoms with van der Waals surface area (Å²) < 4.78 is 0. The van der Waals surface area contributed by atoms with Gasteiger partial charge in [0.25, 0.3) is 17.7 Å². The Kier molecular flexibility index (Phi) is 15.6. The molecule has 0 saturated heterocycles. The highest BCUT2D eigenvalue weighted by Crippen LogP contribution is 2.09. The summed E-state index contributed by atoms with van der Waals surface area (Å²) in [5.41, 5.74) is 2.47. The molecule has 1 atom stereocenters. The standard InChI is InChI=1S/C17H21N3O4.C2H6.C2H4/c1-4-5-6-7-12-8-10-13(11-9-12)17(23)20(3)14(15(21)18-2)16(22)19-24;2*1-2/h8-11,14,24H,4-5H2,1-3H3,(H,18,21)(H,19,22);1-2H3;1-2H2. The van der Waals surface area contributed by atoms with E-state index < -0.39 is 23.8 Å². The number of nitrogens with one attached hydrogen (secondary N) is 2. The lowest BCUT2D eigenvalue weighted by Crippen LogP contribution is -2.54. The second-order valence-electron chi connectivity index (χ2n) is 5.04. The normalized spacial score (nSPS) is 9.64. The monoisotopic (exact) mass is 389 g/mol. The van der Waals surface area contributed by atoms with Gasteiger partial charge >= 0.3 is 0 Å². The van der Waals surface area contributed by atoms with Crippen LogP contribution in [0.1, 0.15) is 49.5 Å². The van der Waals surface area contributed by atoms with Crippen LogP contribution in [-0.4, -0.2) is 48.0 Å². The molecule has 154 valence electrons. The highest BCUT2D eigenvalue weighted by atomic mass is 16.5. The summed E-state index contributed by atoms with van der Waals surface area (Å²) in [6, 6.07) is 5.07. The Morgan fingerprint density at radius 2 is 1.68 bits per heavy atom. The number of carbonyl (C=O) groups is 3. The Hall–Kier alpha value is -3.11. The van der Waals surface area contributed by atoms with Crippen LogP contribution in [0.25, 0.3) is 0 Å². The van der Waals surface area contributed by atoms with Crippen LogP contribution in [0.5, 0.6) is 0 Å². The summed E-state index contributed by atoms with van der Waals surface area (Å²) in [7, 11) is 2.65. The third-order valence-corrected chi connectivity index (χ3v) is 3.30. The van der Waals surface area contributed by atoms with Crippen molar-refractivity contribution in [2.24, 2.45) is 0 Å². The summed E-state index contributed by atoms with van der Waals surface area (Å²) in [4.78, 5) is 36.9. The van der Waals surface area contributed by atoms with Gasteiger partial charge in [-0.15, -0.1) is 13.2 Å². The quantitative estimate of drug-likeness (QED) is 0.237. The van der Waals surface area contributed by atoms with Crippen molar-refractivity contribution in [2.45, 2.75) is 39.7 Å². The van der Waals surface area contributed by atoms with E-state index in [1.54, 1.807) is 24.3 Å². The van der Waals surface area contributed by atoms with Gasteiger partial charge in [0.15, 0.2) is 6.04 Å². The zero-order valence-electron chi connectivity index (χ0n) is 17.3. The number of rotatable bonds is 5. The fraction of sp³-hybridized carbons (Fsp3) is 0.381. The molecular formula is C21H31N3O4. The summed E-state index contributed by atoms with van der Waals surface area (Å²) in [5, 5.41) is 11.0. The minimum atomic E-state index is -1.48. The third-order valence-electron chi connectivity index (χ3n) is 3.30. The average molecular weight is 389 g/mol. The smallest absolute Gasteiger partial charge is 0.275 e. The first-order chi connectivity index (χ1) is 13.5. The van der Waals surface area contributed by atoms with Gasteiger partial charge in [-0.05, 0) is 30.7 Å². The van der Waals surface area contributed by atoms with Crippen LogP contribution in [0.4, 0.5) is 0 Å². The third kappa shape index (κ3) is 8.52. The van der Waals surface area contributed by atoms with Gasteiger partial charge in [0.05, 0.1) is 0 Å². The van der Waals surface area contributed by atoms with E-state index in [1.165, 1.54) is 19.6 Å². The molecule has 0 heterocycles. The Bertz CT molecular complexity index is 659. The van der Waals surface area contributed by atoms with Gasteiger partial charge < -0.3 is 10.2 Å². The molecule has 0 spiro atoms. The highest BCUT2D eigenvalue weighted by molar-refractivity contribution is 6.08. The molecule has 0 saturated carbocycles. The molecule has 0 fully saturated rings. The lowest BCUT2D eigenvalue weighted by Gasteiger charge is -2.25. The van der Waals surface area contributed by atoms with Crippen LogP contribution in [0.2, 0.25) is 0 Å². The number of likely N-dealkylation sites (N-methyl/N-ethyl adjacent to an activating group) is 2. The van der Waals surface area contributed by atoms with Crippen molar-refractivity contribution in [3.8, 4) is 11.8 Å². The summed E-state index contributed by atoms with van der Waals surface area (Å²) >= 11 is 0. The fourth-order valence-electron chi connectivity index (χ4n) is 1.98. The second kappa shape index (κ2) is 16.1. The SMILES string of the molecule is C=C.CC.CCCC#Cc1ccc(C(=O)N(C)C(C(=O)NC)C(=O)NO)cc1. The van der Waals surface area contributed by atoms with E-state index in [0.717, 1.165) is 23.3 Å². The lowest BCUT2D eigenvalue weighted by molar-refractivity contribution is -0.140. The maximum Gasteiger partial charge on any atom is 0.275 e. The molecule has 0 aliphatic carbocycles. The molecule has 0 bridgehead atoms. The summed E-state index contributed by atoms with van der Waals surface area (Å²) in [6.07, 6.45) is 1.77. The van der Waals surface area contributed by atoms with Crippen LogP contribution in [0.3, 0.4) is 0 Å². The molecule has 0 radical (unpaired) electrons. The molecule has 1 aromatic carbocycles. The molecule has 7 heteroatoms. The number of hydroxylamine groups is 1. The van der Waals surface area contributed by atoms with Crippen molar-refractivity contribution in [1.29, 1.82) is 0 Å². The van der Waals surface area contributed by atoms with Gasteiger partial charge in [0.1, 0.15) is 0 Å². The first-order valence-electron chi connectivity index (χ1n) is 8.97. The van der Waals surface area contributed by atoms with E-state index in [4.69, 9.17) is 5.21 Å². The van der Waals surface area contributed by atoms with E-state index in [-0.39, 0.29) is 0 Å². The van der Waals surface area contributed by atoms with E-state index >= 15 is 0 Å². The maximum absolute atomic E-state index is 12.4. The van der Waals surface area contributed by atoms with E-state index in [2.05, 4.69) is 30.3 Å². The zero-order valence-corrected chi connectivity index (χ0v) is 17.3.